The van der Waals surface area contributed by atoms with Crippen molar-refractivity contribution < 1.29 is 24.5 Å². The maximum Gasteiger partial charge on any atom is 2.00 e. The van der Waals surface area contributed by atoms with Crippen molar-refractivity contribution in [2.75, 3.05) is 7.11 Å². The fraction of sp³-hybridized carbons (Fsp3) is 0.314. The number of allylic oxidation sites excluding steroid dienone is 3. The van der Waals surface area contributed by atoms with Gasteiger partial charge in [-0.15, -0.1) is 22.1 Å². The second-order valence-electron chi connectivity index (χ2n) is 11.4. The zero-order chi connectivity index (χ0) is 31.6. The number of hydrogen-bond donors (Lipinski definition) is 2. The first kappa shape index (κ1) is 32.4. The Kier molecular flexibility index (Phi) is 8.69. The summed E-state index contributed by atoms with van der Waals surface area (Å²) in [7, 11) is 1.28. The Balaban J connectivity index is 0.00000400. The molecule has 10 heteroatoms. The van der Waals surface area contributed by atoms with Crippen LogP contribution < -0.4 is 9.97 Å². The molecule has 2 aliphatic heterocycles. The van der Waals surface area contributed by atoms with Crippen LogP contribution in [0.15, 0.2) is 24.3 Å². The van der Waals surface area contributed by atoms with Crippen molar-refractivity contribution in [1.82, 2.24) is 19.9 Å². The maximum absolute atomic E-state index is 13.2. The normalized spacial score (nSPS) is 17.3. The number of carboxylic acid groups (broad SMARTS) is 1. The monoisotopic (exact) mass is 614 g/mol. The molecule has 3 aliphatic rings. The molecule has 0 aromatic carbocycles. The van der Waals surface area contributed by atoms with Gasteiger partial charge in [-0.05, 0) is 74.5 Å². The quantitative estimate of drug-likeness (QED) is 0.221. The Labute approximate surface area is 277 Å². The second kappa shape index (κ2) is 12.1. The average Bonchev–Trinajstić information content (AvgIpc) is 3.72. The molecule has 0 fully saturated rings. The van der Waals surface area contributed by atoms with Gasteiger partial charge in [0, 0.05) is 11.6 Å². The molecular weight excluding hydrogens is 581 g/mol. The van der Waals surface area contributed by atoms with Gasteiger partial charge < -0.3 is 24.9 Å². The third kappa shape index (κ3) is 5.05. The zero-order valence-electron chi connectivity index (χ0n) is 26.6. The van der Waals surface area contributed by atoms with Crippen molar-refractivity contribution >= 4 is 85.4 Å². The van der Waals surface area contributed by atoms with Crippen LogP contribution in [0.3, 0.4) is 0 Å². The topological polar surface area (TPSA) is 138 Å². The molecule has 0 radical (unpaired) electrons. The molecule has 0 saturated carbocycles. The summed E-state index contributed by atoms with van der Waals surface area (Å²) in [5, 5.41) is 21.1. The molecule has 3 aromatic heterocycles. The van der Waals surface area contributed by atoms with E-state index in [9.17, 15) is 19.8 Å². The fourth-order valence-electron chi connectivity index (χ4n) is 6.73. The molecule has 45 heavy (non-hydrogen) atoms. The van der Waals surface area contributed by atoms with E-state index < -0.39 is 24.0 Å². The Morgan fingerprint density at radius 1 is 0.911 bits per heavy atom. The van der Waals surface area contributed by atoms with Crippen LogP contribution in [0.2, 0.25) is 0 Å². The molecule has 0 amide bonds. The van der Waals surface area contributed by atoms with Gasteiger partial charge >= 0.3 is 35.0 Å². The van der Waals surface area contributed by atoms with Crippen molar-refractivity contribution in [2.24, 2.45) is 0 Å². The van der Waals surface area contributed by atoms with Crippen LogP contribution in [0.25, 0.3) is 50.4 Å². The number of rotatable bonds is 5. The summed E-state index contributed by atoms with van der Waals surface area (Å²) in [5.41, 5.74) is 12.5. The van der Waals surface area contributed by atoms with E-state index in [0.29, 0.717) is 44.7 Å². The summed E-state index contributed by atoms with van der Waals surface area (Å²) in [4.78, 5) is 44.8. The Hall–Kier alpha value is -3.99. The van der Waals surface area contributed by atoms with Gasteiger partial charge in [-0.25, -0.2) is 14.8 Å². The van der Waals surface area contributed by atoms with Crippen LogP contribution in [0.4, 0.5) is 0 Å². The first-order chi connectivity index (χ1) is 21.0. The minimum atomic E-state index is -1.22. The largest absolute Gasteiger partial charge is 2.00 e. The molecule has 5 heterocycles. The Morgan fingerprint density at radius 2 is 1.56 bits per heavy atom. The molecule has 226 valence electrons. The van der Waals surface area contributed by atoms with Crippen molar-refractivity contribution in [3.63, 3.8) is 0 Å². The predicted molar refractivity (Wildman–Crippen MR) is 176 cm³/mol. The zero-order valence-corrected chi connectivity index (χ0v) is 28.0. The number of esters is 1. The number of nitrogens with zero attached hydrogens (tertiary/aromatic N) is 4. The molecule has 1 aliphatic carbocycles. The number of aliphatic hydroxyl groups is 1. The van der Waals surface area contributed by atoms with Gasteiger partial charge in [0.25, 0.3) is 0 Å². The number of hydrogen-bond acceptors (Lipinski definition) is 6. The predicted octanol–water partition coefficient (Wildman–Crippen LogP) is 5.37. The van der Waals surface area contributed by atoms with Crippen molar-refractivity contribution in [3.8, 4) is 0 Å². The van der Waals surface area contributed by atoms with Crippen molar-refractivity contribution in [3.05, 3.63) is 74.9 Å². The number of aliphatic hydroxyl groups excluding tert-OH is 1. The number of fused-ring (bicyclic) bond motifs is 8. The van der Waals surface area contributed by atoms with E-state index >= 15 is 0 Å². The molecule has 0 spiro atoms. The molecule has 0 saturated heterocycles. The van der Waals surface area contributed by atoms with Gasteiger partial charge in [-0.2, -0.15) is 0 Å². The standard InChI is InChI=1S/C35H35N4O5.Mg/c1-8-19-15(3)22-12-24-17(5)21(10-11-28(40)41)32(38-24)30-31(35(43)44-7)34(42)29-18(6)25(39-33(29)30)14-27-20(9-2)16(4)23(37-27)13-26(19)36-22;/h10-14,31,34,42H,8-9H2,1-7H3,(H2-,36,37,38,39,40,41);/q-1;+2/p-1/b11-10+,22-12?,23-13?,24-12?,25-14?,26-13?,27-14?,32-30?;/t31-,34?;/m1./s1. The smallest absolute Gasteiger partial charge is 0.657 e. The van der Waals surface area contributed by atoms with Crippen LogP contribution >= 0.6 is 0 Å². The molecule has 2 N–H and O–H groups in total. The maximum atomic E-state index is 13.2. The van der Waals surface area contributed by atoms with Gasteiger partial charge in [-0.1, -0.05) is 48.7 Å². The third-order valence-electron chi connectivity index (χ3n) is 9.13. The van der Waals surface area contributed by atoms with E-state index in [2.05, 4.69) is 20.8 Å². The van der Waals surface area contributed by atoms with Crippen LogP contribution in [0, 0.1) is 13.8 Å². The summed E-state index contributed by atoms with van der Waals surface area (Å²) < 4.78 is 5.15. The van der Waals surface area contributed by atoms with Crippen molar-refractivity contribution in [2.45, 2.75) is 66.4 Å². The first-order valence-electron chi connectivity index (χ1n) is 14.8. The van der Waals surface area contributed by atoms with Gasteiger partial charge in [0.1, 0.15) is 5.92 Å². The number of aryl methyl sites for hydroxylation is 3. The van der Waals surface area contributed by atoms with Gasteiger partial charge in [0.2, 0.25) is 0 Å². The number of aliphatic carboxylic acids is 1. The van der Waals surface area contributed by atoms with Crippen LogP contribution in [0.5, 0.6) is 0 Å². The van der Waals surface area contributed by atoms with Gasteiger partial charge in [0.05, 0.1) is 36.0 Å². The molecular formula is C35H34MgN4O5. The Morgan fingerprint density at radius 3 is 2.20 bits per heavy atom. The SMILES string of the molecule is CCC1=C(C)c2cc3[n-]c(c(/C=C/C(=O)O)c3C)c3c4nc(cc5[n-]c(cc1n2)c(C)c5CC)C(C)=C4C(O)[C@@H]3C(=O)OC.[Mg+2]. The van der Waals surface area contributed by atoms with E-state index in [4.69, 9.17) is 24.7 Å². The van der Waals surface area contributed by atoms with E-state index in [1.165, 1.54) is 13.2 Å². The van der Waals surface area contributed by atoms with E-state index in [1.807, 2.05) is 39.0 Å². The van der Waals surface area contributed by atoms with Crippen molar-refractivity contribution in [1.29, 1.82) is 0 Å². The van der Waals surface area contributed by atoms with Crippen LogP contribution in [-0.2, 0) is 20.7 Å². The molecule has 3 aromatic rings. The second-order valence-corrected chi connectivity index (χ2v) is 11.4. The molecule has 9 nitrogen and oxygen atoms in total. The number of carbonyl (C=O) groups is 2. The molecule has 2 atom stereocenters. The average molecular weight is 615 g/mol. The molecule has 8 bridgehead atoms. The number of aromatic nitrogens is 4. The van der Waals surface area contributed by atoms with E-state index in [-0.39, 0.29) is 23.1 Å². The van der Waals surface area contributed by atoms with Gasteiger partial charge in [0.15, 0.2) is 0 Å². The Bertz CT molecular complexity index is 2050. The summed E-state index contributed by atoms with van der Waals surface area (Å²) in [6, 6.07) is 5.87. The number of methoxy groups -OCH3 is 1. The van der Waals surface area contributed by atoms with Crippen LogP contribution in [0.1, 0.15) is 90.6 Å². The summed E-state index contributed by atoms with van der Waals surface area (Å²) in [6.45, 7) is 12.0. The fourth-order valence-corrected chi connectivity index (χ4v) is 6.73. The summed E-state index contributed by atoms with van der Waals surface area (Å²) >= 11 is 0. The number of carboxylic acids is 1. The van der Waals surface area contributed by atoms with E-state index in [1.54, 1.807) is 0 Å². The van der Waals surface area contributed by atoms with E-state index in [0.717, 1.165) is 69.2 Å². The summed E-state index contributed by atoms with van der Waals surface area (Å²) in [5.74, 6) is -2.84. The van der Waals surface area contributed by atoms with Crippen LogP contribution in [-0.4, -0.2) is 68.4 Å². The minimum Gasteiger partial charge on any atom is -0.657 e. The first-order valence-corrected chi connectivity index (χ1v) is 14.8. The molecule has 6 rings (SSSR count). The summed E-state index contributed by atoms with van der Waals surface area (Å²) in [6.07, 6.45) is 2.85. The number of ether oxygens (including phenoxy) is 1. The number of carbonyl (C=O) groups excluding carboxylic acids is 1. The minimum absolute atomic E-state index is 0. The third-order valence-corrected chi connectivity index (χ3v) is 9.13. The molecule has 1 unspecified atom stereocenters. The van der Waals surface area contributed by atoms with Gasteiger partial charge in [-0.3, -0.25) is 4.79 Å².